The molecule has 0 radical (unpaired) electrons. The highest BCUT2D eigenvalue weighted by Gasteiger charge is 2.35. The molecule has 1 unspecified atom stereocenters. The molecular weight excluding hydrogens is 284 g/mol. The molecule has 0 aliphatic carbocycles. The van der Waals surface area contributed by atoms with E-state index in [9.17, 15) is 9.59 Å². The average molecular weight is 306 g/mol. The highest BCUT2D eigenvalue weighted by Crippen LogP contribution is 2.25. The van der Waals surface area contributed by atoms with Crippen molar-refractivity contribution in [2.45, 2.75) is 33.7 Å². The standard InChI is InChI=1S/C16H22N2O2S/c1-10(2)16(20)18-9-21-8-14(18)15(19)17-13-6-5-11(3)7-12(13)4/h5-7,10,14H,8-9H2,1-4H3,(H,17,19). The predicted octanol–water partition coefficient (Wildman–Crippen LogP) is 2.80. The summed E-state index contributed by atoms with van der Waals surface area (Å²) in [6.07, 6.45) is 0. The molecule has 1 aliphatic rings. The molecule has 114 valence electrons. The Kier molecular flexibility index (Phi) is 4.93. The molecule has 5 heteroatoms. The Hall–Kier alpha value is -1.49. The lowest BCUT2D eigenvalue weighted by Crippen LogP contribution is -2.46. The lowest BCUT2D eigenvalue weighted by molar-refractivity contribution is -0.138. The fraction of sp³-hybridized carbons (Fsp3) is 0.500. The molecule has 1 aromatic rings. The van der Waals surface area contributed by atoms with E-state index in [1.807, 2.05) is 45.9 Å². The molecule has 1 N–H and O–H groups in total. The molecule has 0 bridgehead atoms. The van der Waals surface area contributed by atoms with Gasteiger partial charge in [0, 0.05) is 17.4 Å². The second-order valence-corrected chi connectivity index (χ2v) is 6.79. The highest BCUT2D eigenvalue weighted by atomic mass is 32.2. The van der Waals surface area contributed by atoms with Gasteiger partial charge in [0.2, 0.25) is 11.8 Å². The maximum atomic E-state index is 12.5. The van der Waals surface area contributed by atoms with Crippen LogP contribution < -0.4 is 5.32 Å². The minimum atomic E-state index is -0.370. The molecule has 1 atom stereocenters. The first kappa shape index (κ1) is 15.9. The number of amides is 2. The summed E-state index contributed by atoms with van der Waals surface area (Å²) in [5.41, 5.74) is 3.02. The molecule has 2 amide bonds. The van der Waals surface area contributed by atoms with Gasteiger partial charge in [0.1, 0.15) is 6.04 Å². The van der Waals surface area contributed by atoms with E-state index in [-0.39, 0.29) is 23.8 Å². The van der Waals surface area contributed by atoms with Crippen LogP contribution in [0, 0.1) is 19.8 Å². The van der Waals surface area contributed by atoms with E-state index in [2.05, 4.69) is 5.32 Å². The van der Waals surface area contributed by atoms with Crippen LogP contribution in [0.25, 0.3) is 0 Å². The summed E-state index contributed by atoms with van der Waals surface area (Å²) in [4.78, 5) is 26.3. The second-order valence-electron chi connectivity index (χ2n) is 5.79. The van der Waals surface area contributed by atoms with Crippen LogP contribution in [0.3, 0.4) is 0 Å². The lowest BCUT2D eigenvalue weighted by atomic mass is 10.1. The Morgan fingerprint density at radius 3 is 2.67 bits per heavy atom. The molecule has 2 rings (SSSR count). The average Bonchev–Trinajstić information content (AvgIpc) is 2.90. The van der Waals surface area contributed by atoms with E-state index >= 15 is 0 Å². The van der Waals surface area contributed by atoms with Gasteiger partial charge in [0.15, 0.2) is 0 Å². The van der Waals surface area contributed by atoms with Crippen molar-refractivity contribution in [1.82, 2.24) is 4.90 Å². The number of hydrogen-bond acceptors (Lipinski definition) is 3. The molecule has 4 nitrogen and oxygen atoms in total. The number of benzene rings is 1. The van der Waals surface area contributed by atoms with Gasteiger partial charge in [-0.1, -0.05) is 31.5 Å². The van der Waals surface area contributed by atoms with E-state index in [1.165, 1.54) is 5.56 Å². The van der Waals surface area contributed by atoms with Gasteiger partial charge in [-0.15, -0.1) is 11.8 Å². The number of thioether (sulfide) groups is 1. The number of anilines is 1. The van der Waals surface area contributed by atoms with Crippen molar-refractivity contribution in [1.29, 1.82) is 0 Å². The van der Waals surface area contributed by atoms with E-state index in [0.29, 0.717) is 11.6 Å². The molecule has 1 aromatic carbocycles. The topological polar surface area (TPSA) is 49.4 Å². The maximum Gasteiger partial charge on any atom is 0.248 e. The molecular formula is C16H22N2O2S. The van der Waals surface area contributed by atoms with Crippen molar-refractivity contribution in [3.63, 3.8) is 0 Å². The van der Waals surface area contributed by atoms with Crippen LogP contribution in [0.1, 0.15) is 25.0 Å². The first-order valence-corrected chi connectivity index (χ1v) is 8.32. The Morgan fingerprint density at radius 1 is 1.33 bits per heavy atom. The van der Waals surface area contributed by atoms with Gasteiger partial charge < -0.3 is 10.2 Å². The summed E-state index contributed by atoms with van der Waals surface area (Å²) in [7, 11) is 0. The normalized spacial score (nSPS) is 18.1. The SMILES string of the molecule is Cc1ccc(NC(=O)C2CSCN2C(=O)C(C)C)c(C)c1. The maximum absolute atomic E-state index is 12.5. The summed E-state index contributed by atoms with van der Waals surface area (Å²) in [6, 6.07) is 5.56. The summed E-state index contributed by atoms with van der Waals surface area (Å²) in [6.45, 7) is 7.73. The summed E-state index contributed by atoms with van der Waals surface area (Å²) < 4.78 is 0. The highest BCUT2D eigenvalue weighted by molar-refractivity contribution is 7.99. The Balaban J connectivity index is 2.10. The first-order chi connectivity index (χ1) is 9.90. The molecule has 1 heterocycles. The summed E-state index contributed by atoms with van der Waals surface area (Å²) in [5.74, 6) is 1.12. The number of aryl methyl sites for hydroxylation is 2. The molecule has 1 aliphatic heterocycles. The third-order valence-electron chi connectivity index (χ3n) is 3.60. The predicted molar refractivity (Wildman–Crippen MR) is 87.3 cm³/mol. The third-order valence-corrected chi connectivity index (χ3v) is 4.61. The number of carbonyl (C=O) groups excluding carboxylic acids is 2. The smallest absolute Gasteiger partial charge is 0.248 e. The van der Waals surface area contributed by atoms with E-state index in [1.54, 1.807) is 16.7 Å². The zero-order valence-electron chi connectivity index (χ0n) is 13.0. The fourth-order valence-electron chi connectivity index (χ4n) is 2.38. The van der Waals surface area contributed by atoms with Crippen LogP contribution in [0.2, 0.25) is 0 Å². The second kappa shape index (κ2) is 6.52. The summed E-state index contributed by atoms with van der Waals surface area (Å²) in [5, 5.41) is 2.96. The molecule has 21 heavy (non-hydrogen) atoms. The third kappa shape index (κ3) is 3.59. The van der Waals surface area contributed by atoms with Crippen molar-refractivity contribution < 1.29 is 9.59 Å². The summed E-state index contributed by atoms with van der Waals surface area (Å²) >= 11 is 1.63. The number of nitrogens with zero attached hydrogens (tertiary/aromatic N) is 1. The number of rotatable bonds is 3. The van der Waals surface area contributed by atoms with Crippen molar-refractivity contribution >= 4 is 29.3 Å². The Morgan fingerprint density at radius 2 is 2.05 bits per heavy atom. The van der Waals surface area contributed by atoms with Gasteiger partial charge >= 0.3 is 0 Å². The first-order valence-electron chi connectivity index (χ1n) is 7.16. The van der Waals surface area contributed by atoms with E-state index in [4.69, 9.17) is 0 Å². The van der Waals surface area contributed by atoms with Crippen molar-refractivity contribution in [3.8, 4) is 0 Å². The Labute approximate surface area is 130 Å². The van der Waals surface area contributed by atoms with Crippen LogP contribution >= 0.6 is 11.8 Å². The van der Waals surface area contributed by atoms with Gasteiger partial charge in [-0.05, 0) is 25.5 Å². The minimum Gasteiger partial charge on any atom is -0.324 e. The van der Waals surface area contributed by atoms with Gasteiger partial charge in [0.05, 0.1) is 5.88 Å². The van der Waals surface area contributed by atoms with Crippen LogP contribution in [0.4, 0.5) is 5.69 Å². The van der Waals surface area contributed by atoms with Gasteiger partial charge in [-0.2, -0.15) is 0 Å². The monoisotopic (exact) mass is 306 g/mol. The van der Waals surface area contributed by atoms with Crippen LogP contribution in [-0.4, -0.2) is 34.4 Å². The van der Waals surface area contributed by atoms with Crippen molar-refractivity contribution in [3.05, 3.63) is 29.3 Å². The molecule has 0 saturated carbocycles. The molecule has 0 spiro atoms. The zero-order valence-corrected chi connectivity index (χ0v) is 13.8. The molecule has 1 fully saturated rings. The fourth-order valence-corrected chi connectivity index (χ4v) is 3.54. The van der Waals surface area contributed by atoms with E-state index < -0.39 is 0 Å². The number of nitrogens with one attached hydrogen (secondary N) is 1. The van der Waals surface area contributed by atoms with Crippen LogP contribution in [0.5, 0.6) is 0 Å². The minimum absolute atomic E-state index is 0.0424. The largest absolute Gasteiger partial charge is 0.324 e. The zero-order chi connectivity index (χ0) is 15.6. The molecule has 0 aromatic heterocycles. The number of carbonyl (C=O) groups is 2. The quantitative estimate of drug-likeness (QED) is 0.934. The lowest BCUT2D eigenvalue weighted by Gasteiger charge is -2.25. The van der Waals surface area contributed by atoms with Crippen molar-refractivity contribution in [2.24, 2.45) is 5.92 Å². The Bertz CT molecular complexity index is 557. The van der Waals surface area contributed by atoms with Crippen molar-refractivity contribution in [2.75, 3.05) is 16.9 Å². The van der Waals surface area contributed by atoms with Gasteiger partial charge in [-0.3, -0.25) is 9.59 Å². The van der Waals surface area contributed by atoms with Gasteiger partial charge in [0.25, 0.3) is 0 Å². The number of hydrogen-bond donors (Lipinski definition) is 1. The van der Waals surface area contributed by atoms with Crippen LogP contribution in [-0.2, 0) is 9.59 Å². The van der Waals surface area contributed by atoms with Crippen LogP contribution in [0.15, 0.2) is 18.2 Å². The molecule has 1 saturated heterocycles. The van der Waals surface area contributed by atoms with E-state index in [0.717, 1.165) is 11.3 Å². The van der Waals surface area contributed by atoms with Gasteiger partial charge in [-0.25, -0.2) is 0 Å².